The molecule has 0 bridgehead atoms. The molecular weight excluding hydrogens is 568 g/mol. The van der Waals surface area contributed by atoms with E-state index >= 15 is 0 Å². The topological polar surface area (TPSA) is 169 Å². The zero-order valence-corrected chi connectivity index (χ0v) is 27.2. The summed E-state index contributed by atoms with van der Waals surface area (Å²) in [7, 11) is 0. The number of alkyl carbamates (subject to hydrolysis) is 1. The molecule has 0 saturated carbocycles. The minimum atomic E-state index is -1.24. The van der Waals surface area contributed by atoms with Gasteiger partial charge in [-0.2, -0.15) is 0 Å². The molecule has 0 saturated heterocycles. The van der Waals surface area contributed by atoms with Gasteiger partial charge >= 0.3 is 12.1 Å². The molecule has 0 unspecified atom stereocenters. The van der Waals surface area contributed by atoms with Crippen LogP contribution in [0.4, 0.5) is 4.79 Å². The smallest absolute Gasteiger partial charge is 0.408 e. The van der Waals surface area contributed by atoms with E-state index in [1.54, 1.807) is 39.8 Å². The summed E-state index contributed by atoms with van der Waals surface area (Å²) >= 11 is 0. The lowest BCUT2D eigenvalue weighted by molar-refractivity contribution is -0.155. The fourth-order valence-corrected chi connectivity index (χ4v) is 4.12. The molecule has 0 aromatic heterocycles. The van der Waals surface area contributed by atoms with Crippen molar-refractivity contribution in [3.63, 3.8) is 0 Å². The average molecular weight is 619 g/mol. The number of rotatable bonds is 17. The number of aldehydes is 1. The molecule has 0 aliphatic rings. The van der Waals surface area contributed by atoms with E-state index in [-0.39, 0.29) is 31.3 Å². The Bertz CT molecular complexity index is 1100. The molecule has 0 aliphatic carbocycles. The van der Waals surface area contributed by atoms with Crippen LogP contribution in [-0.2, 0) is 40.1 Å². The van der Waals surface area contributed by atoms with Crippen LogP contribution in [0, 0.1) is 11.8 Å². The molecular formula is C32H50N4O8. The first-order valence-electron chi connectivity index (χ1n) is 15.1. The number of hydrogen-bond acceptors (Lipinski definition) is 8. The minimum absolute atomic E-state index is 0.00448. The van der Waals surface area contributed by atoms with E-state index in [1.165, 1.54) is 6.92 Å². The van der Waals surface area contributed by atoms with Crippen LogP contribution in [0.2, 0.25) is 0 Å². The summed E-state index contributed by atoms with van der Waals surface area (Å²) in [4.78, 5) is 75.9. The maximum absolute atomic E-state index is 13.5. The molecule has 0 radical (unpaired) electrons. The standard InChI is InChI=1S/C32H50N4O8/c1-9-21(4)27(36-31(42)43-19-23-13-11-10-12-14-23)30(41)35-25(15-16-26(38)44-32(6,7)8)29(40)33-22(5)28(39)34-24(18-37)17-20(2)3/h10-14,18,20-22,24-25,27H,9,15-17,19H2,1-8H3,(H,33,40)(H,34,39)(H,35,41)(H,36,42)/t21-,22-,24+,25+,27-/m0/s1. The third-order valence-corrected chi connectivity index (χ3v) is 6.64. The Hall–Kier alpha value is -3.96. The molecule has 0 spiro atoms. The van der Waals surface area contributed by atoms with Crippen molar-refractivity contribution in [1.29, 1.82) is 0 Å². The van der Waals surface area contributed by atoms with Gasteiger partial charge in [0.2, 0.25) is 17.7 Å². The van der Waals surface area contributed by atoms with Gasteiger partial charge in [0.1, 0.15) is 36.6 Å². The first kappa shape index (κ1) is 38.1. The molecule has 246 valence electrons. The van der Waals surface area contributed by atoms with E-state index in [1.807, 2.05) is 39.0 Å². The molecule has 5 atom stereocenters. The molecule has 44 heavy (non-hydrogen) atoms. The van der Waals surface area contributed by atoms with Gasteiger partial charge in [-0.25, -0.2) is 4.79 Å². The summed E-state index contributed by atoms with van der Waals surface area (Å²) in [5, 5.41) is 10.4. The van der Waals surface area contributed by atoms with Crippen molar-refractivity contribution in [1.82, 2.24) is 21.3 Å². The van der Waals surface area contributed by atoms with Crippen LogP contribution < -0.4 is 21.3 Å². The predicted molar refractivity (Wildman–Crippen MR) is 165 cm³/mol. The van der Waals surface area contributed by atoms with Gasteiger partial charge in [-0.3, -0.25) is 19.2 Å². The van der Waals surface area contributed by atoms with E-state index in [9.17, 15) is 28.8 Å². The number of benzene rings is 1. The second kappa shape index (κ2) is 18.6. The van der Waals surface area contributed by atoms with Gasteiger partial charge in [-0.05, 0) is 57.9 Å². The molecule has 4 amide bonds. The predicted octanol–water partition coefficient (Wildman–Crippen LogP) is 3.17. The lowest BCUT2D eigenvalue weighted by Gasteiger charge is -2.27. The summed E-state index contributed by atoms with van der Waals surface area (Å²) in [6.45, 7) is 14.0. The van der Waals surface area contributed by atoms with Gasteiger partial charge in [0, 0.05) is 6.42 Å². The number of carbonyl (C=O) groups is 6. The quantitative estimate of drug-likeness (QED) is 0.152. The van der Waals surface area contributed by atoms with E-state index < -0.39 is 59.6 Å². The van der Waals surface area contributed by atoms with Gasteiger partial charge < -0.3 is 35.5 Å². The van der Waals surface area contributed by atoms with E-state index in [0.29, 0.717) is 19.1 Å². The van der Waals surface area contributed by atoms with E-state index in [0.717, 1.165) is 5.56 Å². The molecule has 1 aromatic carbocycles. The molecule has 1 rings (SSSR count). The maximum Gasteiger partial charge on any atom is 0.408 e. The number of esters is 1. The minimum Gasteiger partial charge on any atom is -0.460 e. The van der Waals surface area contributed by atoms with Crippen molar-refractivity contribution >= 4 is 36.1 Å². The Kier molecular flexibility index (Phi) is 16.1. The molecule has 0 fully saturated rings. The van der Waals surface area contributed by atoms with Crippen molar-refractivity contribution in [2.24, 2.45) is 11.8 Å². The summed E-state index contributed by atoms with van der Waals surface area (Å²) in [6, 6.07) is 5.00. The maximum atomic E-state index is 13.5. The van der Waals surface area contributed by atoms with Crippen molar-refractivity contribution in [3.05, 3.63) is 35.9 Å². The number of hydrogen-bond donors (Lipinski definition) is 4. The van der Waals surface area contributed by atoms with Crippen molar-refractivity contribution in [2.45, 2.75) is 117 Å². The van der Waals surface area contributed by atoms with Crippen LogP contribution in [-0.4, -0.2) is 65.8 Å². The van der Waals surface area contributed by atoms with Crippen LogP contribution >= 0.6 is 0 Å². The van der Waals surface area contributed by atoms with Crippen LogP contribution in [0.25, 0.3) is 0 Å². The Morgan fingerprint density at radius 3 is 2.05 bits per heavy atom. The highest BCUT2D eigenvalue weighted by Crippen LogP contribution is 2.13. The molecule has 0 heterocycles. The normalized spacial score (nSPS) is 14.7. The zero-order valence-electron chi connectivity index (χ0n) is 27.2. The Morgan fingerprint density at radius 2 is 1.50 bits per heavy atom. The lowest BCUT2D eigenvalue weighted by Crippen LogP contribution is -2.58. The molecule has 1 aromatic rings. The summed E-state index contributed by atoms with van der Waals surface area (Å²) in [5.41, 5.74) is 0.0227. The van der Waals surface area contributed by atoms with Gasteiger partial charge in [0.25, 0.3) is 0 Å². The van der Waals surface area contributed by atoms with E-state index in [2.05, 4.69) is 21.3 Å². The second-order valence-corrected chi connectivity index (χ2v) is 12.4. The Balaban J connectivity index is 3.04. The number of amides is 4. The van der Waals surface area contributed by atoms with Crippen LogP contribution in [0.3, 0.4) is 0 Å². The average Bonchev–Trinajstić information content (AvgIpc) is 2.95. The van der Waals surface area contributed by atoms with Crippen molar-refractivity contribution in [3.8, 4) is 0 Å². The van der Waals surface area contributed by atoms with E-state index in [4.69, 9.17) is 9.47 Å². The van der Waals surface area contributed by atoms with Crippen LogP contribution in [0.1, 0.15) is 86.6 Å². The van der Waals surface area contributed by atoms with Crippen molar-refractivity contribution < 1.29 is 38.2 Å². The molecule has 4 N–H and O–H groups in total. The van der Waals surface area contributed by atoms with Crippen LogP contribution in [0.15, 0.2) is 30.3 Å². The van der Waals surface area contributed by atoms with Crippen molar-refractivity contribution in [2.75, 3.05) is 0 Å². The molecule has 12 nitrogen and oxygen atoms in total. The third kappa shape index (κ3) is 15.0. The summed E-state index contributed by atoms with van der Waals surface area (Å²) in [6.07, 6.45) is 0.471. The largest absolute Gasteiger partial charge is 0.460 e. The van der Waals surface area contributed by atoms with Gasteiger partial charge in [0.05, 0.1) is 6.04 Å². The summed E-state index contributed by atoms with van der Waals surface area (Å²) < 4.78 is 10.6. The molecule has 0 aliphatic heterocycles. The first-order valence-corrected chi connectivity index (χ1v) is 15.1. The lowest BCUT2D eigenvalue weighted by atomic mass is 9.97. The van der Waals surface area contributed by atoms with Gasteiger partial charge in [-0.15, -0.1) is 0 Å². The highest BCUT2D eigenvalue weighted by molar-refractivity contribution is 5.94. The molecule has 12 heteroatoms. The fourth-order valence-electron chi connectivity index (χ4n) is 4.12. The Labute approximate surface area is 260 Å². The highest BCUT2D eigenvalue weighted by atomic mass is 16.6. The van der Waals surface area contributed by atoms with Gasteiger partial charge in [-0.1, -0.05) is 64.4 Å². The monoisotopic (exact) mass is 618 g/mol. The number of carbonyl (C=O) groups excluding carboxylic acids is 6. The Morgan fingerprint density at radius 1 is 0.864 bits per heavy atom. The number of ether oxygens (including phenoxy) is 2. The SMILES string of the molecule is CC[C@H](C)[C@H](NC(=O)OCc1ccccc1)C(=O)N[C@H](CCC(=O)OC(C)(C)C)C(=O)N[C@@H](C)C(=O)N[C@@H](C=O)CC(C)C. The van der Waals surface area contributed by atoms with Gasteiger partial charge in [0.15, 0.2) is 0 Å². The second-order valence-electron chi connectivity index (χ2n) is 12.4. The van der Waals surface area contributed by atoms with Crippen LogP contribution in [0.5, 0.6) is 0 Å². The fraction of sp³-hybridized carbons (Fsp3) is 0.625. The third-order valence-electron chi connectivity index (χ3n) is 6.64. The highest BCUT2D eigenvalue weighted by Gasteiger charge is 2.32. The number of nitrogens with one attached hydrogen (secondary N) is 4. The zero-order chi connectivity index (χ0) is 33.4. The first-order chi connectivity index (χ1) is 20.6. The summed E-state index contributed by atoms with van der Waals surface area (Å²) in [5.74, 6) is -2.70.